The SMILES string of the molecule is CCC=CC(=O)C=Cc1ccc(O)c(OC)c1. The van der Waals surface area contributed by atoms with Crippen LogP contribution in [-0.2, 0) is 4.79 Å². The number of hydrogen-bond acceptors (Lipinski definition) is 3. The van der Waals surface area contributed by atoms with Crippen LogP contribution in [0.1, 0.15) is 18.9 Å². The Labute approximate surface area is 101 Å². The fourth-order valence-corrected chi connectivity index (χ4v) is 1.27. The minimum Gasteiger partial charge on any atom is -0.504 e. The topological polar surface area (TPSA) is 46.5 Å². The van der Waals surface area contributed by atoms with Gasteiger partial charge in [0.2, 0.25) is 0 Å². The van der Waals surface area contributed by atoms with E-state index in [1.54, 1.807) is 18.2 Å². The van der Waals surface area contributed by atoms with Crippen molar-refractivity contribution in [2.75, 3.05) is 7.11 Å². The van der Waals surface area contributed by atoms with Crippen molar-refractivity contribution < 1.29 is 14.6 Å². The monoisotopic (exact) mass is 232 g/mol. The Morgan fingerprint density at radius 1 is 1.41 bits per heavy atom. The summed E-state index contributed by atoms with van der Waals surface area (Å²) in [5.41, 5.74) is 0.804. The Bertz CT molecular complexity index is 445. The van der Waals surface area contributed by atoms with E-state index in [9.17, 15) is 9.90 Å². The summed E-state index contributed by atoms with van der Waals surface area (Å²) >= 11 is 0. The molecule has 17 heavy (non-hydrogen) atoms. The number of rotatable bonds is 5. The van der Waals surface area contributed by atoms with E-state index < -0.39 is 0 Å². The van der Waals surface area contributed by atoms with Gasteiger partial charge in [0.25, 0.3) is 0 Å². The molecule has 3 nitrogen and oxygen atoms in total. The first kappa shape index (κ1) is 13.0. The molecule has 0 aliphatic heterocycles. The van der Waals surface area contributed by atoms with Crippen LogP contribution in [0.25, 0.3) is 6.08 Å². The number of benzene rings is 1. The lowest BCUT2D eigenvalue weighted by atomic mass is 10.1. The zero-order valence-electron chi connectivity index (χ0n) is 10.0. The van der Waals surface area contributed by atoms with Crippen molar-refractivity contribution in [1.29, 1.82) is 0 Å². The van der Waals surface area contributed by atoms with Crippen molar-refractivity contribution in [3.05, 3.63) is 42.0 Å². The van der Waals surface area contributed by atoms with Gasteiger partial charge >= 0.3 is 0 Å². The molecule has 0 saturated carbocycles. The maximum atomic E-state index is 11.3. The van der Waals surface area contributed by atoms with Crippen LogP contribution in [-0.4, -0.2) is 18.0 Å². The number of phenolic OH excluding ortho intramolecular Hbond substituents is 1. The molecule has 1 N–H and O–H groups in total. The molecular formula is C14H16O3. The minimum atomic E-state index is -0.0566. The first-order chi connectivity index (χ1) is 8.17. The van der Waals surface area contributed by atoms with Crippen LogP contribution in [0.2, 0.25) is 0 Å². The Hall–Kier alpha value is -2.03. The Kier molecular flexibility index (Phi) is 5.01. The lowest BCUT2D eigenvalue weighted by Crippen LogP contribution is -1.86. The molecule has 1 aromatic rings. The highest BCUT2D eigenvalue weighted by Gasteiger charge is 2.00. The first-order valence-electron chi connectivity index (χ1n) is 5.43. The van der Waals surface area contributed by atoms with Crippen LogP contribution < -0.4 is 4.74 Å². The molecule has 0 fully saturated rings. The van der Waals surface area contributed by atoms with Gasteiger partial charge in [-0.05, 0) is 36.3 Å². The summed E-state index contributed by atoms with van der Waals surface area (Å²) in [5, 5.41) is 9.40. The van der Waals surface area contributed by atoms with Crippen molar-refractivity contribution >= 4 is 11.9 Å². The molecule has 1 aromatic carbocycles. The molecule has 0 unspecified atom stereocenters. The van der Waals surface area contributed by atoms with Gasteiger partial charge in [0.05, 0.1) is 7.11 Å². The summed E-state index contributed by atoms with van der Waals surface area (Å²) in [6.45, 7) is 1.97. The van der Waals surface area contributed by atoms with E-state index in [0.29, 0.717) is 5.75 Å². The zero-order valence-corrected chi connectivity index (χ0v) is 10.0. The lowest BCUT2D eigenvalue weighted by Gasteiger charge is -2.03. The van der Waals surface area contributed by atoms with E-state index in [4.69, 9.17) is 4.74 Å². The Morgan fingerprint density at radius 3 is 2.82 bits per heavy atom. The van der Waals surface area contributed by atoms with Crippen LogP contribution >= 0.6 is 0 Å². The van der Waals surface area contributed by atoms with Crippen LogP contribution in [0.5, 0.6) is 11.5 Å². The molecule has 0 aromatic heterocycles. The third-order valence-electron chi connectivity index (χ3n) is 2.16. The number of allylic oxidation sites excluding steroid dienone is 3. The Balaban J connectivity index is 2.78. The van der Waals surface area contributed by atoms with E-state index in [1.807, 2.05) is 13.0 Å². The van der Waals surface area contributed by atoms with Crippen LogP contribution in [0.15, 0.2) is 36.4 Å². The van der Waals surface area contributed by atoms with Crippen LogP contribution in [0.3, 0.4) is 0 Å². The first-order valence-corrected chi connectivity index (χ1v) is 5.43. The van der Waals surface area contributed by atoms with E-state index in [2.05, 4.69) is 0 Å². The van der Waals surface area contributed by atoms with Crippen molar-refractivity contribution in [1.82, 2.24) is 0 Å². The van der Waals surface area contributed by atoms with E-state index in [1.165, 1.54) is 25.3 Å². The van der Waals surface area contributed by atoms with E-state index in [-0.39, 0.29) is 11.5 Å². The van der Waals surface area contributed by atoms with Crippen molar-refractivity contribution in [2.45, 2.75) is 13.3 Å². The van der Waals surface area contributed by atoms with Gasteiger partial charge in [0, 0.05) is 0 Å². The number of methoxy groups -OCH3 is 1. The van der Waals surface area contributed by atoms with Gasteiger partial charge in [0.15, 0.2) is 17.3 Å². The standard InChI is InChI=1S/C14H16O3/c1-3-4-5-12(15)8-6-11-7-9-13(16)14(10-11)17-2/h4-10,16H,3H2,1-2H3. The lowest BCUT2D eigenvalue weighted by molar-refractivity contribution is -0.110. The molecule has 90 valence electrons. The fourth-order valence-electron chi connectivity index (χ4n) is 1.27. The molecular weight excluding hydrogens is 216 g/mol. The van der Waals surface area contributed by atoms with E-state index in [0.717, 1.165) is 12.0 Å². The third-order valence-corrected chi connectivity index (χ3v) is 2.16. The molecule has 0 atom stereocenters. The average Bonchev–Trinajstić information content (AvgIpc) is 2.35. The maximum Gasteiger partial charge on any atom is 0.178 e. The molecule has 0 saturated heterocycles. The highest BCUT2D eigenvalue weighted by atomic mass is 16.5. The average molecular weight is 232 g/mol. The molecule has 0 bridgehead atoms. The van der Waals surface area contributed by atoms with Crippen LogP contribution in [0.4, 0.5) is 0 Å². The molecule has 0 aliphatic carbocycles. The maximum absolute atomic E-state index is 11.3. The van der Waals surface area contributed by atoms with Gasteiger partial charge in [0.1, 0.15) is 0 Å². The summed E-state index contributed by atoms with van der Waals surface area (Å²) < 4.78 is 4.97. The largest absolute Gasteiger partial charge is 0.504 e. The second-order valence-corrected chi connectivity index (χ2v) is 3.48. The predicted molar refractivity (Wildman–Crippen MR) is 68.1 cm³/mol. The smallest absolute Gasteiger partial charge is 0.178 e. The van der Waals surface area contributed by atoms with Gasteiger partial charge in [-0.2, -0.15) is 0 Å². The number of carbonyl (C=O) groups excluding carboxylic acids is 1. The van der Waals surface area contributed by atoms with Crippen LogP contribution in [0, 0.1) is 0 Å². The number of hydrogen-bond donors (Lipinski definition) is 1. The number of carbonyl (C=O) groups is 1. The molecule has 0 amide bonds. The quantitative estimate of drug-likeness (QED) is 0.794. The molecule has 3 heteroatoms. The van der Waals surface area contributed by atoms with Gasteiger partial charge in [-0.15, -0.1) is 0 Å². The summed E-state index contributed by atoms with van der Waals surface area (Å²) in [4.78, 5) is 11.3. The zero-order chi connectivity index (χ0) is 12.7. The summed E-state index contributed by atoms with van der Waals surface area (Å²) in [6.07, 6.45) is 7.35. The number of phenols is 1. The van der Waals surface area contributed by atoms with Gasteiger partial charge in [-0.3, -0.25) is 4.79 Å². The second kappa shape index (κ2) is 6.53. The van der Waals surface area contributed by atoms with Gasteiger partial charge in [-0.1, -0.05) is 25.1 Å². The second-order valence-electron chi connectivity index (χ2n) is 3.48. The summed E-state index contributed by atoms with van der Waals surface area (Å²) in [7, 11) is 1.48. The summed E-state index contributed by atoms with van der Waals surface area (Å²) in [6, 6.07) is 4.92. The molecule has 1 rings (SSSR count). The van der Waals surface area contributed by atoms with Crippen molar-refractivity contribution in [3.8, 4) is 11.5 Å². The van der Waals surface area contributed by atoms with E-state index >= 15 is 0 Å². The molecule has 0 heterocycles. The van der Waals surface area contributed by atoms with Crippen molar-refractivity contribution in [2.24, 2.45) is 0 Å². The number of ketones is 1. The highest BCUT2D eigenvalue weighted by molar-refractivity contribution is 6.01. The molecule has 0 radical (unpaired) electrons. The normalized spacial score (nSPS) is 11.2. The third kappa shape index (κ3) is 4.15. The number of aromatic hydroxyl groups is 1. The minimum absolute atomic E-state index is 0.0566. The van der Waals surface area contributed by atoms with Gasteiger partial charge < -0.3 is 9.84 Å². The van der Waals surface area contributed by atoms with Crippen molar-refractivity contribution in [3.63, 3.8) is 0 Å². The Morgan fingerprint density at radius 2 is 2.18 bits per heavy atom. The van der Waals surface area contributed by atoms with Gasteiger partial charge in [-0.25, -0.2) is 0 Å². The predicted octanol–water partition coefficient (Wildman–Crippen LogP) is 2.95. The highest BCUT2D eigenvalue weighted by Crippen LogP contribution is 2.26. The number of ether oxygens (including phenoxy) is 1. The fraction of sp³-hybridized carbons (Fsp3) is 0.214. The molecule has 0 spiro atoms. The summed E-state index contributed by atoms with van der Waals surface area (Å²) in [5.74, 6) is 0.421. The molecule has 0 aliphatic rings.